The van der Waals surface area contributed by atoms with Crippen molar-refractivity contribution in [3.05, 3.63) is 35.8 Å². The fraction of sp³-hybridized carbons (Fsp3) is 0. The number of nitrogens with zero attached hydrogens (tertiary/aromatic N) is 2. The molecule has 0 bridgehead atoms. The van der Waals surface area contributed by atoms with Crippen LogP contribution in [0.3, 0.4) is 0 Å². The Morgan fingerprint density at radius 2 is 2.12 bits per heavy atom. The Hall–Kier alpha value is -1.25. The van der Waals surface area contributed by atoms with Gasteiger partial charge in [0.1, 0.15) is 0 Å². The second kappa shape index (κ2) is 2.16. The fourth-order valence-electron chi connectivity index (χ4n) is 0.377. The van der Waals surface area contributed by atoms with Crippen LogP contribution in [0, 0.1) is 4.91 Å². The van der Waals surface area contributed by atoms with Gasteiger partial charge in [0, 0.05) is 17.2 Å². The lowest BCUT2D eigenvalue weighted by molar-refractivity contribution is -0.493. The minimum absolute atomic E-state index is 0.688. The first-order valence-electron chi connectivity index (χ1n) is 2.22. The van der Waals surface area contributed by atoms with Gasteiger partial charge in [-0.15, -0.1) is 0 Å². The average molecular weight is 109 g/mol. The van der Waals surface area contributed by atoms with Gasteiger partial charge in [0.15, 0.2) is 0 Å². The lowest BCUT2D eigenvalue weighted by atomic mass is 10.7. The molecule has 0 N–H and O–H groups in total. The Morgan fingerprint density at radius 3 is 3.00 bits per heavy atom. The predicted molar refractivity (Wildman–Crippen MR) is 27.6 cm³/mol. The first-order chi connectivity index (χ1) is 3.89. The third kappa shape index (κ3) is 1.11. The summed E-state index contributed by atoms with van der Waals surface area (Å²) in [5.74, 6) is 0. The maximum Gasteiger partial charge on any atom is 0.245 e. The van der Waals surface area contributed by atoms with E-state index >= 15 is 0 Å². The molecule has 1 heterocycles. The molecule has 40 valence electrons. The fourth-order valence-corrected chi connectivity index (χ4v) is 0.377. The Balaban J connectivity index is 3.32. The van der Waals surface area contributed by atoms with Crippen LogP contribution in [0.4, 0.5) is 0 Å². The van der Waals surface area contributed by atoms with Crippen LogP contribution in [0.5, 0.6) is 0 Å². The molecule has 0 aliphatic rings. The summed E-state index contributed by atoms with van der Waals surface area (Å²) in [5.41, 5.74) is 0. The Morgan fingerprint density at radius 1 is 1.25 bits per heavy atom. The highest BCUT2D eigenvalue weighted by molar-refractivity contribution is 4.70. The molecule has 3 heteroatoms. The van der Waals surface area contributed by atoms with Crippen molar-refractivity contribution in [1.29, 1.82) is 0 Å². The van der Waals surface area contributed by atoms with E-state index in [0.29, 0.717) is 4.43 Å². The molecule has 8 heavy (non-hydrogen) atoms. The van der Waals surface area contributed by atoms with E-state index < -0.39 is 0 Å². The van der Waals surface area contributed by atoms with Crippen molar-refractivity contribution in [2.75, 3.05) is 0 Å². The molecule has 1 aromatic rings. The molecule has 0 fully saturated rings. The van der Waals surface area contributed by atoms with Gasteiger partial charge in [0.25, 0.3) is 0 Å². The summed E-state index contributed by atoms with van der Waals surface area (Å²) < 4.78 is 0.688. The highest BCUT2D eigenvalue weighted by atomic mass is 16.3. The zero-order valence-corrected chi connectivity index (χ0v) is 4.19. The van der Waals surface area contributed by atoms with Crippen LogP contribution in [0.2, 0.25) is 0 Å². The molecule has 0 unspecified atom stereocenters. The second-order valence-electron chi connectivity index (χ2n) is 1.30. The lowest BCUT2D eigenvalue weighted by Crippen LogP contribution is -2.06. The van der Waals surface area contributed by atoms with E-state index in [9.17, 15) is 4.91 Å². The van der Waals surface area contributed by atoms with Crippen molar-refractivity contribution in [1.82, 2.24) is 4.98 Å². The van der Waals surface area contributed by atoms with Crippen molar-refractivity contribution in [2.45, 2.75) is 0 Å². The zero-order valence-electron chi connectivity index (χ0n) is 4.19. The van der Waals surface area contributed by atoms with Gasteiger partial charge in [-0.2, -0.15) is 0 Å². The average Bonchev–Trinajstić information content (AvgIpc) is 1.94. The van der Waals surface area contributed by atoms with E-state index in [4.69, 9.17) is 0 Å². The monoisotopic (exact) mass is 109 g/mol. The molecule has 1 aromatic heterocycles. The maximum atomic E-state index is 10.3. The summed E-state index contributed by atoms with van der Waals surface area (Å²) in [7, 11) is 0. The molecule has 0 saturated carbocycles. The summed E-state index contributed by atoms with van der Waals surface area (Å²) >= 11 is 0. The summed E-state index contributed by atoms with van der Waals surface area (Å²) in [4.78, 5) is 14.0. The number of rotatable bonds is 0. The van der Waals surface area contributed by atoms with E-state index in [1.807, 2.05) is 0 Å². The predicted octanol–water partition coefficient (Wildman–Crippen LogP) is -0.00390. The van der Waals surface area contributed by atoms with E-state index in [1.54, 1.807) is 12.3 Å². The van der Waals surface area contributed by atoms with Gasteiger partial charge >= 0.3 is 0 Å². The van der Waals surface area contributed by atoms with Gasteiger partial charge in [-0.25, -0.2) is 0 Å². The first-order valence-corrected chi connectivity index (χ1v) is 2.22. The quantitative estimate of drug-likeness (QED) is 0.439. The van der Waals surface area contributed by atoms with Crippen LogP contribution in [-0.2, 0) is 0 Å². The van der Waals surface area contributed by atoms with Crippen LogP contribution >= 0.6 is 0 Å². The van der Waals surface area contributed by atoms with Crippen LogP contribution in [0.25, 0.3) is 0 Å². The SMILES string of the molecule is O=[n+]1cccncc1. The smallest absolute Gasteiger partial charge is 0.245 e. The minimum atomic E-state index is 0.688. The molecule has 0 spiro atoms. The molecule has 0 radical (unpaired) electrons. The van der Waals surface area contributed by atoms with Crippen LogP contribution in [0.15, 0.2) is 30.9 Å². The van der Waals surface area contributed by atoms with Gasteiger partial charge in [0.2, 0.25) is 12.4 Å². The third-order valence-corrected chi connectivity index (χ3v) is 0.705. The van der Waals surface area contributed by atoms with Crippen LogP contribution in [0.1, 0.15) is 0 Å². The van der Waals surface area contributed by atoms with Crippen molar-refractivity contribution >= 4 is 0 Å². The molecule has 0 atom stereocenters. The van der Waals surface area contributed by atoms with Crippen molar-refractivity contribution in [3.63, 3.8) is 0 Å². The molecule has 0 aliphatic heterocycles. The first kappa shape index (κ1) is 4.90. The van der Waals surface area contributed by atoms with E-state index in [2.05, 4.69) is 4.98 Å². The number of hydrogen-bond donors (Lipinski definition) is 0. The molecule has 1 rings (SSSR count). The van der Waals surface area contributed by atoms with Gasteiger partial charge in [0.05, 0.1) is 10.6 Å². The summed E-state index contributed by atoms with van der Waals surface area (Å²) in [6, 6.07) is 1.58. The van der Waals surface area contributed by atoms with Gasteiger partial charge in [-0.05, 0) is 0 Å². The largest absolute Gasteiger partial charge is 0.258 e. The third-order valence-electron chi connectivity index (χ3n) is 0.705. The van der Waals surface area contributed by atoms with Gasteiger partial charge in [-0.3, -0.25) is 4.98 Å². The van der Waals surface area contributed by atoms with E-state index in [-0.39, 0.29) is 0 Å². The molecule has 0 aliphatic carbocycles. The Bertz CT molecular complexity index is 201. The molecule has 0 saturated heterocycles. The molecule has 0 amide bonds. The van der Waals surface area contributed by atoms with Gasteiger partial charge < -0.3 is 0 Å². The highest BCUT2D eigenvalue weighted by Gasteiger charge is 1.78. The topological polar surface area (TPSA) is 35.9 Å². The van der Waals surface area contributed by atoms with Gasteiger partial charge in [-0.1, -0.05) is 0 Å². The normalized spacial score (nSPS) is 8.50. The summed E-state index contributed by atoms with van der Waals surface area (Å²) in [5, 5.41) is 0. The Kier molecular flexibility index (Phi) is 1.32. The number of hydrogen-bond acceptors (Lipinski definition) is 2. The van der Waals surface area contributed by atoms with Crippen molar-refractivity contribution < 1.29 is 4.43 Å². The minimum Gasteiger partial charge on any atom is -0.258 e. The maximum absolute atomic E-state index is 10.3. The number of aromatic nitrogens is 2. The molecule has 0 aromatic carbocycles. The molecule has 3 nitrogen and oxygen atoms in total. The second-order valence-corrected chi connectivity index (χ2v) is 1.30. The summed E-state index contributed by atoms with van der Waals surface area (Å²) in [6.07, 6.45) is 5.70. The van der Waals surface area contributed by atoms with Crippen LogP contribution in [-0.4, -0.2) is 4.98 Å². The zero-order chi connectivity index (χ0) is 5.82. The van der Waals surface area contributed by atoms with Crippen molar-refractivity contribution in [2.24, 2.45) is 0 Å². The lowest BCUT2D eigenvalue weighted by Gasteiger charge is -1.50. The molecular weight excluding hydrogens is 104 g/mol. The van der Waals surface area contributed by atoms with E-state index in [1.165, 1.54) is 18.6 Å². The highest BCUT2D eigenvalue weighted by Crippen LogP contribution is 1.64. The van der Waals surface area contributed by atoms with Crippen molar-refractivity contribution in [3.8, 4) is 0 Å². The van der Waals surface area contributed by atoms with Crippen LogP contribution < -0.4 is 4.43 Å². The molecular formula is C5H5N2O+. The van der Waals surface area contributed by atoms with E-state index in [0.717, 1.165) is 0 Å². The summed E-state index contributed by atoms with van der Waals surface area (Å²) in [6.45, 7) is 0. The Labute approximate surface area is 46.2 Å². The standard InChI is InChI=1S/C5H5N2O/c8-7-4-1-2-6-3-5-7/h1-5H/q+1.